The van der Waals surface area contributed by atoms with Gasteiger partial charge in [0, 0.05) is 34.9 Å². The molecule has 31 heavy (non-hydrogen) atoms. The molecule has 1 heterocycles. The number of rotatable bonds is 7. The number of halogens is 1. The van der Waals surface area contributed by atoms with Gasteiger partial charge in [-0.1, -0.05) is 53.6 Å². The predicted octanol–water partition coefficient (Wildman–Crippen LogP) is 3.59. The fourth-order valence-electron chi connectivity index (χ4n) is 3.46. The van der Waals surface area contributed by atoms with Gasteiger partial charge in [0.2, 0.25) is 5.91 Å². The number of aryl methyl sites for hydroxylation is 2. The number of benzene rings is 2. The van der Waals surface area contributed by atoms with Crippen LogP contribution in [0.15, 0.2) is 53.3 Å². The minimum atomic E-state index is -0.338. The lowest BCUT2D eigenvalue weighted by Gasteiger charge is -2.18. The molecule has 0 unspecified atom stereocenters. The molecule has 0 saturated heterocycles. The highest BCUT2D eigenvalue weighted by molar-refractivity contribution is 6.30. The lowest BCUT2D eigenvalue weighted by atomic mass is 10.1. The van der Waals surface area contributed by atoms with Gasteiger partial charge in [-0.3, -0.25) is 14.2 Å². The molecular weight excluding hydrogens is 414 g/mol. The van der Waals surface area contributed by atoms with E-state index < -0.39 is 0 Å². The van der Waals surface area contributed by atoms with Crippen LogP contribution in [0.2, 0.25) is 5.02 Å². The Morgan fingerprint density at radius 1 is 1.19 bits per heavy atom. The van der Waals surface area contributed by atoms with E-state index in [9.17, 15) is 14.7 Å². The molecule has 2 aromatic carbocycles. The Morgan fingerprint density at radius 3 is 2.55 bits per heavy atom. The molecule has 1 amide bonds. The first-order chi connectivity index (χ1) is 14.8. The molecule has 1 aromatic heterocycles. The van der Waals surface area contributed by atoms with Crippen molar-refractivity contribution < 1.29 is 9.90 Å². The molecular formula is C24H26ClN3O3. The Labute approximate surface area is 186 Å². The highest BCUT2D eigenvalue weighted by Crippen LogP contribution is 2.21. The third-order valence-electron chi connectivity index (χ3n) is 5.17. The van der Waals surface area contributed by atoms with Gasteiger partial charge in [-0.05, 0) is 38.5 Å². The van der Waals surface area contributed by atoms with Crippen molar-refractivity contribution in [2.75, 3.05) is 6.61 Å². The summed E-state index contributed by atoms with van der Waals surface area (Å²) < 4.78 is 1.35. The first-order valence-corrected chi connectivity index (χ1v) is 10.5. The molecule has 7 heteroatoms. The van der Waals surface area contributed by atoms with Crippen LogP contribution >= 0.6 is 11.6 Å². The van der Waals surface area contributed by atoms with Gasteiger partial charge in [0.05, 0.1) is 6.04 Å². The zero-order chi connectivity index (χ0) is 22.5. The van der Waals surface area contributed by atoms with Crippen LogP contribution < -0.4 is 10.9 Å². The second-order valence-corrected chi connectivity index (χ2v) is 8.01. The molecule has 0 aliphatic rings. The zero-order valence-corrected chi connectivity index (χ0v) is 18.6. The number of amides is 1. The van der Waals surface area contributed by atoms with Crippen LogP contribution in [-0.2, 0) is 17.8 Å². The summed E-state index contributed by atoms with van der Waals surface area (Å²) in [6, 6.07) is 14.7. The predicted molar refractivity (Wildman–Crippen MR) is 122 cm³/mol. The van der Waals surface area contributed by atoms with E-state index in [1.165, 1.54) is 4.57 Å². The summed E-state index contributed by atoms with van der Waals surface area (Å²) in [6.07, 6.45) is 0.175. The number of aromatic nitrogens is 2. The van der Waals surface area contributed by atoms with Gasteiger partial charge in [-0.25, -0.2) is 4.98 Å². The van der Waals surface area contributed by atoms with Crippen LogP contribution in [0.4, 0.5) is 0 Å². The molecule has 162 valence electrons. The van der Waals surface area contributed by atoms with Crippen molar-refractivity contribution >= 4 is 17.5 Å². The highest BCUT2D eigenvalue weighted by Gasteiger charge is 2.19. The van der Waals surface area contributed by atoms with E-state index in [1.54, 1.807) is 31.2 Å². The number of nitrogens with zero attached hydrogens (tertiary/aromatic N) is 2. The Morgan fingerprint density at radius 2 is 1.90 bits per heavy atom. The highest BCUT2D eigenvalue weighted by atomic mass is 35.5. The largest absolute Gasteiger partial charge is 0.396 e. The number of hydrogen-bond donors (Lipinski definition) is 2. The maximum Gasteiger partial charge on any atom is 0.257 e. The Bertz CT molecular complexity index is 1140. The minimum absolute atomic E-state index is 0.175. The topological polar surface area (TPSA) is 84.2 Å². The molecule has 0 aliphatic carbocycles. The molecule has 0 bridgehead atoms. The molecule has 6 nitrogen and oxygen atoms in total. The maximum absolute atomic E-state index is 13.2. The molecule has 1 atom stereocenters. The van der Waals surface area contributed by atoms with Crippen LogP contribution in [0, 0.1) is 13.8 Å². The second kappa shape index (κ2) is 9.90. The van der Waals surface area contributed by atoms with E-state index in [-0.39, 0.29) is 37.1 Å². The smallest absolute Gasteiger partial charge is 0.257 e. The van der Waals surface area contributed by atoms with E-state index in [1.807, 2.05) is 38.1 Å². The normalized spacial score (nSPS) is 11.9. The van der Waals surface area contributed by atoms with Gasteiger partial charge in [0.15, 0.2) is 0 Å². The van der Waals surface area contributed by atoms with E-state index in [0.717, 1.165) is 11.1 Å². The van der Waals surface area contributed by atoms with Crippen LogP contribution in [0.1, 0.15) is 35.3 Å². The van der Waals surface area contributed by atoms with Gasteiger partial charge in [0.1, 0.15) is 12.4 Å². The van der Waals surface area contributed by atoms with Crippen molar-refractivity contribution in [3.05, 3.63) is 86.3 Å². The van der Waals surface area contributed by atoms with Crippen LogP contribution in [0.25, 0.3) is 11.4 Å². The van der Waals surface area contributed by atoms with Crippen molar-refractivity contribution in [2.45, 2.75) is 39.8 Å². The van der Waals surface area contributed by atoms with Crippen LogP contribution in [0.3, 0.4) is 0 Å². The van der Waals surface area contributed by atoms with Gasteiger partial charge >= 0.3 is 0 Å². The number of hydrogen-bond acceptors (Lipinski definition) is 4. The van der Waals surface area contributed by atoms with Crippen molar-refractivity contribution in [3.63, 3.8) is 0 Å². The van der Waals surface area contributed by atoms with Crippen molar-refractivity contribution in [2.24, 2.45) is 0 Å². The molecule has 0 fully saturated rings. The molecule has 0 spiro atoms. The van der Waals surface area contributed by atoms with Crippen LogP contribution in [-0.4, -0.2) is 27.2 Å². The fraction of sp³-hybridized carbons (Fsp3) is 0.292. The van der Waals surface area contributed by atoms with E-state index in [0.29, 0.717) is 27.7 Å². The summed E-state index contributed by atoms with van der Waals surface area (Å²) in [4.78, 5) is 30.6. The number of aliphatic hydroxyl groups excluding tert-OH is 1. The summed E-state index contributed by atoms with van der Waals surface area (Å²) >= 11 is 6.13. The minimum Gasteiger partial charge on any atom is -0.396 e. The van der Waals surface area contributed by atoms with E-state index in [4.69, 9.17) is 11.6 Å². The first-order valence-electron chi connectivity index (χ1n) is 10.1. The number of carbonyl (C=O) groups excluding carboxylic acids is 1. The summed E-state index contributed by atoms with van der Waals surface area (Å²) in [5.41, 5.74) is 3.34. The van der Waals surface area contributed by atoms with Crippen molar-refractivity contribution in [1.29, 1.82) is 0 Å². The summed E-state index contributed by atoms with van der Waals surface area (Å²) in [7, 11) is 0. The summed E-state index contributed by atoms with van der Waals surface area (Å²) in [6.45, 7) is 5.26. The van der Waals surface area contributed by atoms with Gasteiger partial charge < -0.3 is 10.4 Å². The van der Waals surface area contributed by atoms with Gasteiger partial charge in [0.25, 0.3) is 5.56 Å². The van der Waals surface area contributed by atoms with E-state index in [2.05, 4.69) is 10.3 Å². The lowest BCUT2D eigenvalue weighted by Crippen LogP contribution is -2.36. The molecule has 2 N–H and O–H groups in total. The molecule has 3 aromatic rings. The summed E-state index contributed by atoms with van der Waals surface area (Å²) in [5.74, 6) is 0.0592. The average Bonchev–Trinajstić information content (AvgIpc) is 2.73. The number of nitrogens with one attached hydrogen (secondary N) is 1. The van der Waals surface area contributed by atoms with Gasteiger partial charge in [-0.2, -0.15) is 0 Å². The van der Waals surface area contributed by atoms with Crippen molar-refractivity contribution in [3.8, 4) is 11.4 Å². The zero-order valence-electron chi connectivity index (χ0n) is 17.9. The average molecular weight is 440 g/mol. The molecule has 0 radical (unpaired) electrons. The van der Waals surface area contributed by atoms with Gasteiger partial charge in [-0.15, -0.1) is 0 Å². The van der Waals surface area contributed by atoms with Crippen molar-refractivity contribution in [1.82, 2.24) is 14.9 Å². The standard InChI is InChI=1S/C24H26ClN3O3/c1-15-7-9-18(10-8-15)16(2)26-22(30)14-28-23(19-5-4-6-20(25)13-19)27-17(3)21(11-12-29)24(28)31/h4-10,13,16,29H,11-12,14H2,1-3H3,(H,26,30)/t16-/m0/s1. The monoisotopic (exact) mass is 439 g/mol. The van der Waals surface area contributed by atoms with E-state index >= 15 is 0 Å². The maximum atomic E-state index is 13.2. The Kier molecular flexibility index (Phi) is 7.25. The molecule has 0 saturated carbocycles. The number of carbonyl (C=O) groups is 1. The fourth-order valence-corrected chi connectivity index (χ4v) is 3.65. The Balaban J connectivity index is 1.96. The first kappa shape index (κ1) is 22.7. The lowest BCUT2D eigenvalue weighted by molar-refractivity contribution is -0.122. The SMILES string of the molecule is Cc1ccc([C@H](C)NC(=O)Cn2c(-c3cccc(Cl)c3)nc(C)c(CCO)c2=O)cc1. The Hall–Kier alpha value is -2.96. The summed E-state index contributed by atoms with van der Waals surface area (Å²) in [5, 5.41) is 12.8. The molecule has 0 aliphatic heterocycles. The second-order valence-electron chi connectivity index (χ2n) is 7.57. The quantitative estimate of drug-likeness (QED) is 0.589. The number of aliphatic hydroxyl groups is 1. The third kappa shape index (κ3) is 5.40. The third-order valence-corrected chi connectivity index (χ3v) is 5.41. The molecule has 3 rings (SSSR count). The van der Waals surface area contributed by atoms with Crippen LogP contribution in [0.5, 0.6) is 0 Å².